The Kier molecular flexibility index (Phi) is 4.37. The van der Waals surface area contributed by atoms with Gasteiger partial charge < -0.3 is 15.2 Å². The highest BCUT2D eigenvalue weighted by molar-refractivity contribution is 5.74. The van der Waals surface area contributed by atoms with Crippen LogP contribution < -0.4 is 10.6 Å². The van der Waals surface area contributed by atoms with Gasteiger partial charge >= 0.3 is 6.03 Å². The summed E-state index contributed by atoms with van der Waals surface area (Å²) >= 11 is 0. The molecule has 1 heterocycles. The van der Waals surface area contributed by atoms with Crippen LogP contribution in [-0.2, 0) is 19.3 Å². The Labute approximate surface area is 136 Å². The first-order chi connectivity index (χ1) is 11.0. The van der Waals surface area contributed by atoms with E-state index in [1.165, 1.54) is 11.1 Å². The molecule has 0 spiro atoms. The molecule has 1 aliphatic carbocycles. The Hall–Kier alpha value is -2.30. The molecular weight excluding hydrogens is 290 g/mol. The van der Waals surface area contributed by atoms with E-state index in [1.807, 2.05) is 32.9 Å². The van der Waals surface area contributed by atoms with Crippen LogP contribution in [0, 0.1) is 13.8 Å². The molecule has 23 heavy (non-hydrogen) atoms. The van der Waals surface area contributed by atoms with Gasteiger partial charge in [0.1, 0.15) is 5.76 Å². The van der Waals surface area contributed by atoms with E-state index < -0.39 is 0 Å². The third-order valence-corrected chi connectivity index (χ3v) is 4.46. The first kappa shape index (κ1) is 15.6. The van der Waals surface area contributed by atoms with Crippen molar-refractivity contribution in [3.63, 3.8) is 0 Å². The molecule has 5 heteroatoms. The van der Waals surface area contributed by atoms with E-state index in [4.69, 9.17) is 4.52 Å². The summed E-state index contributed by atoms with van der Waals surface area (Å²) in [6, 6.07) is 8.46. The maximum Gasteiger partial charge on any atom is 0.315 e. The predicted molar refractivity (Wildman–Crippen MR) is 88.4 cm³/mol. The second-order valence-electron chi connectivity index (χ2n) is 6.40. The third-order valence-electron chi connectivity index (χ3n) is 4.46. The summed E-state index contributed by atoms with van der Waals surface area (Å²) in [6.45, 7) is 5.82. The van der Waals surface area contributed by atoms with Gasteiger partial charge in [0, 0.05) is 17.6 Å². The van der Waals surface area contributed by atoms with Crippen molar-refractivity contribution in [1.82, 2.24) is 15.8 Å². The number of fused-ring (bicyclic) bond motifs is 1. The highest BCUT2D eigenvalue weighted by Gasteiger charge is 2.23. The summed E-state index contributed by atoms with van der Waals surface area (Å²) in [5, 5.41) is 10.0. The monoisotopic (exact) mass is 313 g/mol. The van der Waals surface area contributed by atoms with Crippen molar-refractivity contribution in [2.75, 3.05) is 0 Å². The van der Waals surface area contributed by atoms with E-state index in [0.29, 0.717) is 0 Å². The minimum atomic E-state index is -0.109. The minimum Gasteiger partial charge on any atom is -0.361 e. The quantitative estimate of drug-likeness (QED) is 0.912. The maximum atomic E-state index is 12.2. The van der Waals surface area contributed by atoms with E-state index in [-0.39, 0.29) is 18.1 Å². The van der Waals surface area contributed by atoms with Crippen LogP contribution in [-0.4, -0.2) is 23.3 Å². The molecule has 0 bridgehead atoms. The lowest BCUT2D eigenvalue weighted by Gasteiger charge is -2.17. The number of nitrogens with one attached hydrogen (secondary N) is 2. The maximum absolute atomic E-state index is 12.2. The molecule has 2 amide bonds. The zero-order valence-corrected chi connectivity index (χ0v) is 13.8. The molecule has 2 aromatic rings. The standard InChI is InChI=1S/C18H23N3O2/c1-11(8-17-12(2)21-23-13(17)3)19-18(22)20-16-9-14-6-4-5-7-15(14)10-16/h4-7,11,16H,8-10H2,1-3H3,(H2,19,20,22)/t11-/m0/s1. The third kappa shape index (κ3) is 3.55. The minimum absolute atomic E-state index is 0.0237. The van der Waals surface area contributed by atoms with Gasteiger partial charge in [0.15, 0.2) is 0 Å². The summed E-state index contributed by atoms with van der Waals surface area (Å²) < 4.78 is 5.17. The zero-order chi connectivity index (χ0) is 16.4. The van der Waals surface area contributed by atoms with Crippen LogP contribution in [0.5, 0.6) is 0 Å². The molecule has 0 aliphatic heterocycles. The average Bonchev–Trinajstić information content (AvgIpc) is 3.04. The lowest BCUT2D eigenvalue weighted by atomic mass is 10.1. The van der Waals surface area contributed by atoms with E-state index >= 15 is 0 Å². The molecule has 122 valence electrons. The molecule has 3 rings (SSSR count). The number of nitrogens with zero attached hydrogens (tertiary/aromatic N) is 1. The average molecular weight is 313 g/mol. The summed E-state index contributed by atoms with van der Waals surface area (Å²) in [5.41, 5.74) is 4.64. The second-order valence-corrected chi connectivity index (χ2v) is 6.40. The number of urea groups is 1. The van der Waals surface area contributed by atoms with Crippen molar-refractivity contribution in [2.24, 2.45) is 0 Å². The Bertz CT molecular complexity index is 664. The number of rotatable bonds is 4. The fourth-order valence-electron chi connectivity index (χ4n) is 3.26. The van der Waals surface area contributed by atoms with Gasteiger partial charge in [0.2, 0.25) is 0 Å². The molecule has 0 saturated heterocycles. The molecule has 5 nitrogen and oxygen atoms in total. The van der Waals surface area contributed by atoms with Crippen molar-refractivity contribution in [1.29, 1.82) is 0 Å². The van der Waals surface area contributed by atoms with E-state index in [2.05, 4.69) is 27.9 Å². The van der Waals surface area contributed by atoms with Gasteiger partial charge in [-0.2, -0.15) is 0 Å². The van der Waals surface area contributed by atoms with Gasteiger partial charge in [-0.15, -0.1) is 0 Å². The lowest BCUT2D eigenvalue weighted by molar-refractivity contribution is 0.234. The molecule has 1 aromatic heterocycles. The first-order valence-corrected chi connectivity index (χ1v) is 8.08. The van der Waals surface area contributed by atoms with Crippen molar-refractivity contribution in [2.45, 2.75) is 52.1 Å². The number of benzene rings is 1. The molecule has 0 radical (unpaired) electrons. The summed E-state index contributed by atoms with van der Waals surface area (Å²) in [7, 11) is 0. The van der Waals surface area contributed by atoms with Crippen molar-refractivity contribution in [3.05, 3.63) is 52.4 Å². The van der Waals surface area contributed by atoms with Crippen LogP contribution in [0.4, 0.5) is 4.79 Å². The van der Waals surface area contributed by atoms with Gasteiger partial charge in [-0.25, -0.2) is 4.79 Å². The summed E-state index contributed by atoms with van der Waals surface area (Å²) in [4.78, 5) is 12.2. The van der Waals surface area contributed by atoms with Crippen LogP contribution in [0.25, 0.3) is 0 Å². The highest BCUT2D eigenvalue weighted by Crippen LogP contribution is 2.21. The van der Waals surface area contributed by atoms with Crippen molar-refractivity contribution >= 4 is 6.03 Å². The molecule has 0 fully saturated rings. The number of carbonyl (C=O) groups excluding carboxylic acids is 1. The van der Waals surface area contributed by atoms with Crippen LogP contribution in [0.2, 0.25) is 0 Å². The van der Waals surface area contributed by atoms with Gasteiger partial charge in [0.05, 0.1) is 5.69 Å². The Balaban J connectivity index is 1.50. The number of aromatic nitrogens is 1. The molecular formula is C18H23N3O2. The Morgan fingerprint density at radius 1 is 1.30 bits per heavy atom. The Morgan fingerprint density at radius 2 is 1.96 bits per heavy atom. The normalized spacial score (nSPS) is 15.3. The summed E-state index contributed by atoms with van der Waals surface area (Å²) in [6.07, 6.45) is 2.53. The SMILES string of the molecule is Cc1noc(C)c1C[C@H](C)NC(=O)NC1Cc2ccccc2C1. The van der Waals surface area contributed by atoms with Gasteiger partial charge in [-0.3, -0.25) is 0 Å². The smallest absolute Gasteiger partial charge is 0.315 e. The largest absolute Gasteiger partial charge is 0.361 e. The number of hydrogen-bond acceptors (Lipinski definition) is 3. The fraction of sp³-hybridized carbons (Fsp3) is 0.444. The van der Waals surface area contributed by atoms with Crippen molar-refractivity contribution < 1.29 is 9.32 Å². The van der Waals surface area contributed by atoms with Crippen LogP contribution >= 0.6 is 0 Å². The fourth-order valence-corrected chi connectivity index (χ4v) is 3.26. The van der Waals surface area contributed by atoms with Crippen molar-refractivity contribution in [3.8, 4) is 0 Å². The lowest BCUT2D eigenvalue weighted by Crippen LogP contribution is -2.46. The molecule has 0 unspecified atom stereocenters. The zero-order valence-electron chi connectivity index (χ0n) is 13.8. The molecule has 1 aromatic carbocycles. The van der Waals surface area contributed by atoms with Gasteiger partial charge in [-0.1, -0.05) is 29.4 Å². The van der Waals surface area contributed by atoms with Crippen LogP contribution in [0.1, 0.15) is 35.1 Å². The number of carbonyl (C=O) groups is 1. The first-order valence-electron chi connectivity index (χ1n) is 8.08. The van der Waals surface area contributed by atoms with E-state index in [0.717, 1.165) is 36.3 Å². The van der Waals surface area contributed by atoms with Crippen LogP contribution in [0.15, 0.2) is 28.8 Å². The predicted octanol–water partition coefficient (Wildman–Crippen LogP) is 2.69. The van der Waals surface area contributed by atoms with E-state index in [1.54, 1.807) is 0 Å². The van der Waals surface area contributed by atoms with Crippen LogP contribution in [0.3, 0.4) is 0 Å². The molecule has 1 atom stereocenters. The number of amides is 2. The van der Waals surface area contributed by atoms with Gasteiger partial charge in [-0.05, 0) is 51.2 Å². The topological polar surface area (TPSA) is 67.2 Å². The summed E-state index contributed by atoms with van der Waals surface area (Å²) in [5.74, 6) is 0.822. The second kappa shape index (κ2) is 6.44. The number of aryl methyl sites for hydroxylation is 2. The number of hydrogen-bond donors (Lipinski definition) is 2. The molecule has 0 saturated carbocycles. The highest BCUT2D eigenvalue weighted by atomic mass is 16.5. The van der Waals surface area contributed by atoms with Gasteiger partial charge in [0.25, 0.3) is 0 Å². The van der Waals surface area contributed by atoms with E-state index in [9.17, 15) is 4.79 Å². The Morgan fingerprint density at radius 3 is 2.52 bits per heavy atom. The molecule has 2 N–H and O–H groups in total. The molecule has 1 aliphatic rings.